The summed E-state index contributed by atoms with van der Waals surface area (Å²) >= 11 is 7.97. The fraction of sp³-hybridized carbons (Fsp3) is 0.412. The summed E-state index contributed by atoms with van der Waals surface area (Å²) in [5.41, 5.74) is 2.39. The summed E-state index contributed by atoms with van der Waals surface area (Å²) < 4.78 is 5.92. The summed E-state index contributed by atoms with van der Waals surface area (Å²) in [7, 11) is 0. The molecule has 0 aliphatic heterocycles. The standard InChI is InChI=1S/C17H22ClNOS/c1-4-13-8-15(6-7-17(13)18)20-11-14-9-16(10-19-5-2)21-12(14)3/h6-9,19H,4-5,10-11H2,1-3H3. The molecule has 0 radical (unpaired) electrons. The second kappa shape index (κ2) is 7.83. The summed E-state index contributed by atoms with van der Waals surface area (Å²) in [6.45, 7) is 8.91. The molecular formula is C17H22ClNOS. The molecule has 0 unspecified atom stereocenters. The van der Waals surface area contributed by atoms with Crippen LogP contribution in [-0.2, 0) is 19.6 Å². The minimum atomic E-state index is 0.610. The third-order valence-electron chi connectivity index (χ3n) is 3.41. The SMILES string of the molecule is CCNCc1cc(COc2ccc(Cl)c(CC)c2)c(C)s1. The average molecular weight is 324 g/mol. The van der Waals surface area contributed by atoms with Crippen LogP contribution in [0.1, 0.15) is 34.7 Å². The minimum absolute atomic E-state index is 0.610. The molecule has 2 rings (SSSR count). The van der Waals surface area contributed by atoms with Gasteiger partial charge in [-0.05, 0) is 49.7 Å². The predicted molar refractivity (Wildman–Crippen MR) is 91.6 cm³/mol. The van der Waals surface area contributed by atoms with Crippen molar-refractivity contribution in [3.8, 4) is 5.75 Å². The Bertz CT molecular complexity index is 594. The lowest BCUT2D eigenvalue weighted by atomic mass is 10.1. The second-order valence-electron chi connectivity index (χ2n) is 4.97. The number of hydrogen-bond donors (Lipinski definition) is 1. The van der Waals surface area contributed by atoms with E-state index in [4.69, 9.17) is 16.3 Å². The summed E-state index contributed by atoms with van der Waals surface area (Å²) in [4.78, 5) is 2.69. The van der Waals surface area contributed by atoms with E-state index in [-0.39, 0.29) is 0 Å². The first-order valence-corrected chi connectivity index (χ1v) is 8.53. The van der Waals surface area contributed by atoms with E-state index in [0.29, 0.717) is 6.61 Å². The first kappa shape index (κ1) is 16.3. The van der Waals surface area contributed by atoms with Gasteiger partial charge < -0.3 is 10.1 Å². The molecule has 0 aliphatic rings. The molecule has 0 fully saturated rings. The lowest BCUT2D eigenvalue weighted by Gasteiger charge is -2.08. The van der Waals surface area contributed by atoms with Crippen molar-refractivity contribution >= 4 is 22.9 Å². The smallest absolute Gasteiger partial charge is 0.120 e. The largest absolute Gasteiger partial charge is 0.489 e. The van der Waals surface area contributed by atoms with Gasteiger partial charge in [-0.1, -0.05) is 25.4 Å². The molecule has 2 nitrogen and oxygen atoms in total. The number of thiophene rings is 1. The van der Waals surface area contributed by atoms with E-state index in [1.165, 1.54) is 15.3 Å². The number of ether oxygens (including phenoxy) is 1. The predicted octanol–water partition coefficient (Wildman–Crippen LogP) is 4.96. The molecule has 4 heteroatoms. The van der Waals surface area contributed by atoms with E-state index in [1.807, 2.05) is 29.5 Å². The van der Waals surface area contributed by atoms with Gasteiger partial charge in [-0.3, -0.25) is 0 Å². The van der Waals surface area contributed by atoms with Crippen molar-refractivity contribution in [2.75, 3.05) is 6.54 Å². The molecule has 0 atom stereocenters. The minimum Gasteiger partial charge on any atom is -0.489 e. The highest BCUT2D eigenvalue weighted by Gasteiger charge is 2.07. The summed E-state index contributed by atoms with van der Waals surface area (Å²) in [6.07, 6.45) is 0.917. The maximum absolute atomic E-state index is 6.13. The van der Waals surface area contributed by atoms with Crippen LogP contribution in [0, 0.1) is 6.92 Å². The fourth-order valence-corrected chi connectivity index (χ4v) is 3.41. The number of aryl methyl sites for hydroxylation is 2. The highest BCUT2D eigenvalue weighted by molar-refractivity contribution is 7.12. The molecule has 0 aliphatic carbocycles. The normalized spacial score (nSPS) is 10.9. The van der Waals surface area contributed by atoms with Crippen LogP contribution >= 0.6 is 22.9 Å². The molecule has 0 saturated carbocycles. The van der Waals surface area contributed by atoms with Gasteiger partial charge in [0.2, 0.25) is 0 Å². The summed E-state index contributed by atoms with van der Waals surface area (Å²) in [5, 5.41) is 4.16. The van der Waals surface area contributed by atoms with Gasteiger partial charge in [0.1, 0.15) is 12.4 Å². The molecule has 21 heavy (non-hydrogen) atoms. The van der Waals surface area contributed by atoms with E-state index in [2.05, 4.69) is 32.2 Å². The van der Waals surface area contributed by atoms with E-state index in [0.717, 1.165) is 35.8 Å². The molecule has 0 spiro atoms. The van der Waals surface area contributed by atoms with E-state index < -0.39 is 0 Å². The van der Waals surface area contributed by atoms with Crippen molar-refractivity contribution in [2.45, 2.75) is 40.3 Å². The Morgan fingerprint density at radius 3 is 2.71 bits per heavy atom. The zero-order chi connectivity index (χ0) is 15.2. The van der Waals surface area contributed by atoms with E-state index >= 15 is 0 Å². The number of hydrogen-bond acceptors (Lipinski definition) is 3. The van der Waals surface area contributed by atoms with Crippen molar-refractivity contribution in [1.29, 1.82) is 0 Å². The van der Waals surface area contributed by atoms with Crippen LogP contribution in [0.25, 0.3) is 0 Å². The lowest BCUT2D eigenvalue weighted by Crippen LogP contribution is -2.10. The molecule has 0 saturated heterocycles. The number of benzene rings is 1. The Morgan fingerprint density at radius 1 is 1.19 bits per heavy atom. The monoisotopic (exact) mass is 323 g/mol. The van der Waals surface area contributed by atoms with Crippen LogP contribution in [-0.4, -0.2) is 6.54 Å². The topological polar surface area (TPSA) is 21.3 Å². The number of halogens is 1. The van der Waals surface area contributed by atoms with Gasteiger partial charge >= 0.3 is 0 Å². The maximum atomic E-state index is 6.13. The third-order valence-corrected chi connectivity index (χ3v) is 4.87. The molecule has 1 aromatic heterocycles. The summed E-state index contributed by atoms with van der Waals surface area (Å²) in [5.74, 6) is 0.884. The van der Waals surface area contributed by atoms with Crippen LogP contribution in [0.2, 0.25) is 5.02 Å². The Hall–Kier alpha value is -1.03. The van der Waals surface area contributed by atoms with Crippen LogP contribution in [0.3, 0.4) is 0 Å². The lowest BCUT2D eigenvalue weighted by molar-refractivity contribution is 0.305. The van der Waals surface area contributed by atoms with Gasteiger partial charge in [0.25, 0.3) is 0 Å². The molecule has 0 amide bonds. The van der Waals surface area contributed by atoms with Gasteiger partial charge in [0.15, 0.2) is 0 Å². The molecular weight excluding hydrogens is 302 g/mol. The Balaban J connectivity index is 2.01. The van der Waals surface area contributed by atoms with Gasteiger partial charge in [-0.15, -0.1) is 11.3 Å². The van der Waals surface area contributed by atoms with Crippen molar-refractivity contribution in [3.63, 3.8) is 0 Å². The average Bonchev–Trinajstić information content (AvgIpc) is 2.84. The van der Waals surface area contributed by atoms with Crippen molar-refractivity contribution in [3.05, 3.63) is 50.2 Å². The first-order valence-electron chi connectivity index (χ1n) is 7.34. The van der Waals surface area contributed by atoms with Crippen LogP contribution < -0.4 is 10.1 Å². The highest BCUT2D eigenvalue weighted by Crippen LogP contribution is 2.26. The zero-order valence-electron chi connectivity index (χ0n) is 12.8. The molecule has 1 aromatic carbocycles. The highest BCUT2D eigenvalue weighted by atomic mass is 35.5. The number of nitrogens with one attached hydrogen (secondary N) is 1. The zero-order valence-corrected chi connectivity index (χ0v) is 14.4. The van der Waals surface area contributed by atoms with Gasteiger partial charge in [-0.25, -0.2) is 0 Å². The van der Waals surface area contributed by atoms with Crippen LogP contribution in [0.4, 0.5) is 0 Å². The van der Waals surface area contributed by atoms with Crippen LogP contribution in [0.15, 0.2) is 24.3 Å². The number of rotatable bonds is 7. The van der Waals surface area contributed by atoms with Crippen LogP contribution in [0.5, 0.6) is 5.75 Å². The maximum Gasteiger partial charge on any atom is 0.120 e. The molecule has 1 N–H and O–H groups in total. The Morgan fingerprint density at radius 2 is 2.00 bits per heavy atom. The van der Waals surface area contributed by atoms with Gasteiger partial charge in [0.05, 0.1) is 0 Å². The third kappa shape index (κ3) is 4.47. The Kier molecular flexibility index (Phi) is 6.09. The molecule has 2 aromatic rings. The first-order chi connectivity index (χ1) is 10.1. The van der Waals surface area contributed by atoms with Crippen molar-refractivity contribution in [1.82, 2.24) is 5.32 Å². The van der Waals surface area contributed by atoms with E-state index in [1.54, 1.807) is 0 Å². The van der Waals surface area contributed by atoms with Gasteiger partial charge in [-0.2, -0.15) is 0 Å². The second-order valence-corrected chi connectivity index (χ2v) is 6.72. The molecule has 0 bridgehead atoms. The van der Waals surface area contributed by atoms with E-state index in [9.17, 15) is 0 Å². The molecule has 1 heterocycles. The quantitative estimate of drug-likeness (QED) is 0.777. The fourth-order valence-electron chi connectivity index (χ4n) is 2.14. The molecule has 114 valence electrons. The van der Waals surface area contributed by atoms with Crippen molar-refractivity contribution < 1.29 is 4.74 Å². The van der Waals surface area contributed by atoms with Gasteiger partial charge in [0, 0.05) is 26.9 Å². The Labute approximate surface area is 136 Å². The summed E-state index contributed by atoms with van der Waals surface area (Å²) in [6, 6.07) is 8.11. The van der Waals surface area contributed by atoms with Crippen molar-refractivity contribution in [2.24, 2.45) is 0 Å².